The molecule has 0 aliphatic carbocycles. The Labute approximate surface area is 113 Å². The minimum absolute atomic E-state index is 0.0595. The second kappa shape index (κ2) is 5.93. The number of nitrogens with zero attached hydrogens (tertiary/aromatic N) is 3. The monoisotopic (exact) mass is 274 g/mol. The van der Waals surface area contributed by atoms with Gasteiger partial charge >= 0.3 is 0 Å². The lowest BCUT2D eigenvalue weighted by Crippen LogP contribution is -2.05. The van der Waals surface area contributed by atoms with Crippen molar-refractivity contribution in [3.63, 3.8) is 0 Å². The number of nitrogens with one attached hydrogen (secondary N) is 1. The van der Waals surface area contributed by atoms with Gasteiger partial charge in [-0.1, -0.05) is 0 Å². The number of nitro benzene ring substituents is 1. The van der Waals surface area contributed by atoms with Gasteiger partial charge in [0.05, 0.1) is 9.93 Å². The van der Waals surface area contributed by atoms with Crippen LogP contribution in [0.1, 0.15) is 10.6 Å². The third-order valence-electron chi connectivity index (χ3n) is 2.47. The minimum Gasteiger partial charge on any atom is -0.385 e. The third-order valence-corrected chi connectivity index (χ3v) is 3.30. The molecule has 7 heteroatoms. The molecule has 1 aromatic heterocycles. The molecular weight excluding hydrogens is 264 g/mol. The van der Waals surface area contributed by atoms with Crippen LogP contribution in [0.4, 0.5) is 11.4 Å². The van der Waals surface area contributed by atoms with Crippen molar-refractivity contribution in [3.05, 3.63) is 50.5 Å². The van der Waals surface area contributed by atoms with E-state index in [1.165, 1.54) is 12.1 Å². The Balaban J connectivity index is 2.01. The average molecular weight is 274 g/mol. The largest absolute Gasteiger partial charge is 0.385 e. The number of benzene rings is 1. The quantitative estimate of drug-likeness (QED) is 0.668. The first-order chi connectivity index (χ1) is 9.20. The summed E-state index contributed by atoms with van der Waals surface area (Å²) in [5.41, 5.74) is 0.580. The number of nitriles is 1. The van der Waals surface area contributed by atoms with E-state index in [2.05, 4.69) is 10.3 Å². The molecule has 0 saturated carbocycles. The maximum Gasteiger partial charge on any atom is 0.287 e. The minimum atomic E-state index is -0.558. The maximum atomic E-state index is 10.7. The summed E-state index contributed by atoms with van der Waals surface area (Å²) in [5, 5.41) is 25.6. The first kappa shape index (κ1) is 13.0. The molecule has 0 amide bonds. The highest BCUT2D eigenvalue weighted by atomic mass is 32.1. The van der Waals surface area contributed by atoms with Crippen LogP contribution in [0.2, 0.25) is 0 Å². The van der Waals surface area contributed by atoms with Gasteiger partial charge in [0, 0.05) is 36.3 Å². The highest BCUT2D eigenvalue weighted by Gasteiger charge is 2.13. The number of nitro groups is 1. The molecule has 0 aliphatic rings. The van der Waals surface area contributed by atoms with Crippen molar-refractivity contribution in [1.82, 2.24) is 4.98 Å². The van der Waals surface area contributed by atoms with Gasteiger partial charge in [0.15, 0.2) is 0 Å². The molecule has 6 nitrogen and oxygen atoms in total. The lowest BCUT2D eigenvalue weighted by atomic mass is 10.1. The molecule has 0 aliphatic heterocycles. The number of anilines is 1. The first-order valence-electron chi connectivity index (χ1n) is 5.51. The molecule has 96 valence electrons. The summed E-state index contributed by atoms with van der Waals surface area (Å²) >= 11 is 1.58. The summed E-state index contributed by atoms with van der Waals surface area (Å²) in [6.07, 6.45) is 2.52. The number of hydrogen-bond acceptors (Lipinski definition) is 6. The molecule has 0 bridgehead atoms. The van der Waals surface area contributed by atoms with E-state index < -0.39 is 4.92 Å². The Morgan fingerprint density at radius 1 is 1.53 bits per heavy atom. The molecule has 0 fully saturated rings. The van der Waals surface area contributed by atoms with E-state index in [9.17, 15) is 10.1 Å². The zero-order chi connectivity index (χ0) is 13.7. The fourth-order valence-corrected chi connectivity index (χ4v) is 2.21. The fourth-order valence-electron chi connectivity index (χ4n) is 1.58. The molecule has 1 heterocycles. The van der Waals surface area contributed by atoms with Gasteiger partial charge in [0.25, 0.3) is 5.69 Å². The van der Waals surface area contributed by atoms with E-state index in [0.29, 0.717) is 12.2 Å². The van der Waals surface area contributed by atoms with Crippen molar-refractivity contribution in [2.45, 2.75) is 6.42 Å². The molecule has 0 spiro atoms. The Bertz CT molecular complexity index is 619. The van der Waals surface area contributed by atoms with Crippen molar-refractivity contribution < 1.29 is 4.92 Å². The van der Waals surface area contributed by atoms with Crippen molar-refractivity contribution in [2.24, 2.45) is 0 Å². The molecule has 2 aromatic rings. The zero-order valence-electron chi connectivity index (χ0n) is 9.87. The lowest BCUT2D eigenvalue weighted by molar-refractivity contribution is -0.385. The summed E-state index contributed by atoms with van der Waals surface area (Å²) in [6.45, 7) is 0.663. The first-order valence-corrected chi connectivity index (χ1v) is 6.39. The molecule has 0 unspecified atom stereocenters. The SMILES string of the molecule is N#Cc1cc(NCCc2nccs2)ccc1[N+](=O)[O-]. The van der Waals surface area contributed by atoms with Crippen LogP contribution in [0.25, 0.3) is 0 Å². The highest BCUT2D eigenvalue weighted by Crippen LogP contribution is 2.21. The van der Waals surface area contributed by atoms with E-state index >= 15 is 0 Å². The second-order valence-corrected chi connectivity index (χ2v) is 4.68. The topological polar surface area (TPSA) is 91.8 Å². The van der Waals surface area contributed by atoms with Gasteiger partial charge in [-0.2, -0.15) is 5.26 Å². The molecular formula is C12H10N4O2S. The summed E-state index contributed by atoms with van der Waals surface area (Å²) in [4.78, 5) is 14.3. The van der Waals surface area contributed by atoms with Gasteiger partial charge in [0.1, 0.15) is 11.6 Å². The summed E-state index contributed by atoms with van der Waals surface area (Å²) < 4.78 is 0. The second-order valence-electron chi connectivity index (χ2n) is 3.70. The Morgan fingerprint density at radius 2 is 2.37 bits per heavy atom. The van der Waals surface area contributed by atoms with Crippen molar-refractivity contribution in [2.75, 3.05) is 11.9 Å². The molecule has 1 N–H and O–H groups in total. The Hall–Kier alpha value is -2.46. The van der Waals surface area contributed by atoms with Crippen LogP contribution in [-0.4, -0.2) is 16.5 Å². The van der Waals surface area contributed by atoms with Gasteiger partial charge in [-0.25, -0.2) is 4.98 Å². The van der Waals surface area contributed by atoms with E-state index in [0.717, 1.165) is 11.4 Å². The molecule has 0 saturated heterocycles. The van der Waals surface area contributed by atoms with Gasteiger partial charge in [0.2, 0.25) is 0 Å². The normalized spacial score (nSPS) is 9.84. The van der Waals surface area contributed by atoms with Gasteiger partial charge in [-0.15, -0.1) is 11.3 Å². The molecule has 19 heavy (non-hydrogen) atoms. The van der Waals surface area contributed by atoms with E-state index in [1.807, 2.05) is 11.4 Å². The predicted molar refractivity (Wildman–Crippen MR) is 72.1 cm³/mol. The van der Waals surface area contributed by atoms with Crippen molar-refractivity contribution in [1.29, 1.82) is 5.26 Å². The third kappa shape index (κ3) is 3.26. The fraction of sp³-hybridized carbons (Fsp3) is 0.167. The van der Waals surface area contributed by atoms with Crippen molar-refractivity contribution in [3.8, 4) is 6.07 Å². The molecule has 0 radical (unpaired) electrons. The highest BCUT2D eigenvalue weighted by molar-refractivity contribution is 7.09. The van der Waals surface area contributed by atoms with Gasteiger partial charge in [-0.3, -0.25) is 10.1 Å². The van der Waals surface area contributed by atoms with E-state index in [-0.39, 0.29) is 11.3 Å². The van der Waals surface area contributed by atoms with Crippen molar-refractivity contribution >= 4 is 22.7 Å². The number of aromatic nitrogens is 1. The van der Waals surface area contributed by atoms with Crippen LogP contribution in [-0.2, 0) is 6.42 Å². The molecule has 0 atom stereocenters. The van der Waals surface area contributed by atoms with Crippen LogP contribution < -0.4 is 5.32 Å². The van der Waals surface area contributed by atoms with Crippen LogP contribution in [0, 0.1) is 21.4 Å². The Kier molecular flexibility index (Phi) is 4.05. The lowest BCUT2D eigenvalue weighted by Gasteiger charge is -2.05. The predicted octanol–water partition coefficient (Wildman–Crippen LogP) is 2.58. The number of rotatable bonds is 5. The molecule has 1 aromatic carbocycles. The van der Waals surface area contributed by atoms with Crippen LogP contribution in [0.15, 0.2) is 29.8 Å². The van der Waals surface area contributed by atoms with Crippen LogP contribution >= 0.6 is 11.3 Å². The van der Waals surface area contributed by atoms with Gasteiger partial charge < -0.3 is 5.32 Å². The average Bonchev–Trinajstić information content (AvgIpc) is 2.91. The maximum absolute atomic E-state index is 10.7. The molecule has 2 rings (SSSR count). The number of hydrogen-bond donors (Lipinski definition) is 1. The summed E-state index contributed by atoms with van der Waals surface area (Å²) in [7, 11) is 0. The van der Waals surface area contributed by atoms with Crippen LogP contribution in [0.3, 0.4) is 0 Å². The number of thiazole rings is 1. The standard InChI is InChI=1S/C12H10N4O2S/c13-8-9-7-10(1-2-11(9)16(17)18)14-4-3-12-15-5-6-19-12/h1-2,5-7,14H,3-4H2. The zero-order valence-corrected chi connectivity index (χ0v) is 10.7. The van der Waals surface area contributed by atoms with E-state index in [4.69, 9.17) is 5.26 Å². The Morgan fingerprint density at radius 3 is 3.00 bits per heavy atom. The van der Waals surface area contributed by atoms with Gasteiger partial charge in [-0.05, 0) is 12.1 Å². The summed E-state index contributed by atoms with van der Waals surface area (Å²) in [5.74, 6) is 0. The summed E-state index contributed by atoms with van der Waals surface area (Å²) in [6, 6.07) is 6.25. The van der Waals surface area contributed by atoms with E-state index in [1.54, 1.807) is 23.6 Å². The van der Waals surface area contributed by atoms with Crippen LogP contribution in [0.5, 0.6) is 0 Å². The smallest absolute Gasteiger partial charge is 0.287 e.